The van der Waals surface area contributed by atoms with Crippen molar-refractivity contribution in [3.8, 4) is 0 Å². The number of esters is 2. The third-order valence-electron chi connectivity index (χ3n) is 1.25. The van der Waals surface area contributed by atoms with Gasteiger partial charge in [0.15, 0.2) is 0 Å². The fourth-order valence-corrected chi connectivity index (χ4v) is 0.588. The van der Waals surface area contributed by atoms with Crippen LogP contribution in [0.4, 0.5) is 0 Å². The van der Waals surface area contributed by atoms with Crippen LogP contribution < -0.4 is 0 Å². The summed E-state index contributed by atoms with van der Waals surface area (Å²) in [6, 6.07) is 0. The molecule has 0 saturated carbocycles. The average Bonchev–Trinajstić information content (AvgIpc) is 2.26. The van der Waals surface area contributed by atoms with Gasteiger partial charge in [-0.05, 0) is 6.82 Å². The van der Waals surface area contributed by atoms with Gasteiger partial charge < -0.3 is 18.8 Å². The number of methoxy groups -OCH3 is 2. The number of carbonyl (C=O) groups is 4. The van der Waals surface area contributed by atoms with Crippen LogP contribution in [0.25, 0.3) is 0 Å². The Labute approximate surface area is 90.9 Å². The molecule has 0 bridgehead atoms. The molecule has 8 nitrogen and oxygen atoms in total. The Morgan fingerprint density at radius 2 is 1.06 bits per heavy atom. The molecule has 0 rings (SSSR count). The molecule has 0 fully saturated rings. The molecule has 0 aliphatic rings. The maximum atomic E-state index is 10.8. The summed E-state index contributed by atoms with van der Waals surface area (Å²) < 4.78 is 16.7. The van der Waals surface area contributed by atoms with Crippen molar-refractivity contribution in [1.82, 2.24) is 0 Å². The van der Waals surface area contributed by atoms with E-state index in [9.17, 15) is 19.2 Å². The topological polar surface area (TPSA) is 105 Å². The van der Waals surface area contributed by atoms with Crippen molar-refractivity contribution in [2.75, 3.05) is 14.2 Å². The highest BCUT2D eigenvalue weighted by Crippen LogP contribution is 1.94. The van der Waals surface area contributed by atoms with Gasteiger partial charge in [-0.3, -0.25) is 0 Å². The van der Waals surface area contributed by atoms with E-state index in [4.69, 9.17) is 0 Å². The van der Waals surface area contributed by atoms with Crippen molar-refractivity contribution < 1.29 is 38.0 Å². The molecule has 0 aromatic heterocycles. The number of rotatable bonds is 2. The second-order valence-corrected chi connectivity index (χ2v) is 2.36. The van der Waals surface area contributed by atoms with Gasteiger partial charge >= 0.3 is 31.0 Å². The van der Waals surface area contributed by atoms with Crippen molar-refractivity contribution >= 4 is 31.0 Å². The van der Waals surface area contributed by atoms with Gasteiger partial charge in [0.1, 0.15) is 0 Å². The number of hydrogen-bond donors (Lipinski definition) is 0. The molecule has 0 aromatic carbocycles. The first-order chi connectivity index (χ1) is 7.42. The van der Waals surface area contributed by atoms with Crippen molar-refractivity contribution in [3.05, 3.63) is 0 Å². The molecule has 9 heteroatoms. The SMILES string of the molecule is COC(=O)C(=O)OB(C)OC(=O)C(=O)OC. The summed E-state index contributed by atoms with van der Waals surface area (Å²) in [7, 11) is 0.557. The van der Waals surface area contributed by atoms with Crippen molar-refractivity contribution in [1.29, 1.82) is 0 Å². The quantitative estimate of drug-likeness (QED) is 0.323. The molecule has 0 N–H and O–H groups in total. The van der Waals surface area contributed by atoms with Gasteiger partial charge in [-0.25, -0.2) is 19.2 Å². The highest BCUT2D eigenvalue weighted by Gasteiger charge is 2.29. The van der Waals surface area contributed by atoms with E-state index in [1.165, 1.54) is 0 Å². The highest BCUT2D eigenvalue weighted by molar-refractivity contribution is 6.53. The van der Waals surface area contributed by atoms with E-state index in [1.807, 2.05) is 0 Å². The van der Waals surface area contributed by atoms with Gasteiger partial charge in [0, 0.05) is 0 Å². The highest BCUT2D eigenvalue weighted by atomic mass is 16.7. The lowest BCUT2D eigenvalue weighted by atomic mass is 9.95. The van der Waals surface area contributed by atoms with E-state index in [-0.39, 0.29) is 0 Å². The smallest absolute Gasteiger partial charge is 0.491 e. The Kier molecular flexibility index (Phi) is 5.61. The Hall–Kier alpha value is -2.06. The summed E-state index contributed by atoms with van der Waals surface area (Å²) in [6.45, 7) is 1.14. The first-order valence-corrected chi connectivity index (χ1v) is 4.00. The minimum absolute atomic E-state index is 0.981. The predicted octanol–water partition coefficient (Wildman–Crippen LogP) is -1.46. The molecule has 0 aliphatic carbocycles. The molecule has 0 aromatic rings. The second-order valence-electron chi connectivity index (χ2n) is 2.36. The van der Waals surface area contributed by atoms with Gasteiger partial charge in [0.25, 0.3) is 0 Å². The van der Waals surface area contributed by atoms with Gasteiger partial charge in [0.05, 0.1) is 14.2 Å². The lowest BCUT2D eigenvalue weighted by Crippen LogP contribution is -2.33. The van der Waals surface area contributed by atoms with Crippen LogP contribution >= 0.6 is 0 Å². The normalized spacial score (nSPS) is 8.69. The van der Waals surface area contributed by atoms with Crippen molar-refractivity contribution in [2.24, 2.45) is 0 Å². The molecule has 0 saturated heterocycles. The number of ether oxygens (including phenoxy) is 2. The average molecular weight is 232 g/mol. The van der Waals surface area contributed by atoms with Gasteiger partial charge in [-0.2, -0.15) is 0 Å². The maximum Gasteiger partial charge on any atom is 0.595 e. The van der Waals surface area contributed by atoms with Crippen LogP contribution in [-0.2, 0) is 38.0 Å². The standard InChI is InChI=1S/C7H9BO8/c1-8(15-6(11)4(9)13-2)16-7(12)5(10)14-3/h1-3H3. The van der Waals surface area contributed by atoms with E-state index >= 15 is 0 Å². The van der Waals surface area contributed by atoms with E-state index < -0.39 is 31.0 Å². The number of carbonyl (C=O) groups excluding carboxylic acids is 4. The molecule has 0 unspecified atom stereocenters. The zero-order valence-corrected chi connectivity index (χ0v) is 8.84. The van der Waals surface area contributed by atoms with Gasteiger partial charge in [-0.1, -0.05) is 0 Å². The third kappa shape index (κ3) is 4.44. The number of hydrogen-bond acceptors (Lipinski definition) is 8. The summed E-state index contributed by atoms with van der Waals surface area (Å²) >= 11 is 0. The van der Waals surface area contributed by atoms with E-state index in [1.54, 1.807) is 0 Å². The van der Waals surface area contributed by atoms with E-state index in [2.05, 4.69) is 18.8 Å². The molecule has 0 aliphatic heterocycles. The fraction of sp³-hybridized carbons (Fsp3) is 0.429. The van der Waals surface area contributed by atoms with Crippen molar-refractivity contribution in [3.63, 3.8) is 0 Å². The lowest BCUT2D eigenvalue weighted by Gasteiger charge is -2.08. The zero-order valence-electron chi connectivity index (χ0n) is 8.84. The Morgan fingerprint density at radius 1 is 0.750 bits per heavy atom. The molecular formula is C7H9BO8. The Morgan fingerprint density at radius 3 is 1.31 bits per heavy atom. The monoisotopic (exact) mass is 232 g/mol. The molecule has 0 spiro atoms. The van der Waals surface area contributed by atoms with Gasteiger partial charge in [0.2, 0.25) is 0 Å². The largest absolute Gasteiger partial charge is 0.595 e. The summed E-state index contributed by atoms with van der Waals surface area (Å²) in [4.78, 5) is 42.8. The third-order valence-corrected chi connectivity index (χ3v) is 1.25. The molecule has 0 atom stereocenters. The lowest BCUT2D eigenvalue weighted by molar-refractivity contribution is -0.164. The van der Waals surface area contributed by atoms with E-state index in [0.29, 0.717) is 0 Å². The Bertz CT molecular complexity index is 282. The molecule has 16 heavy (non-hydrogen) atoms. The molecule has 0 amide bonds. The maximum absolute atomic E-state index is 10.8. The second kappa shape index (κ2) is 6.43. The summed E-state index contributed by atoms with van der Waals surface area (Å²) in [5, 5.41) is 0. The first-order valence-electron chi connectivity index (χ1n) is 4.00. The first kappa shape index (κ1) is 13.9. The van der Waals surface area contributed by atoms with Crippen LogP contribution in [0.15, 0.2) is 0 Å². The molecule has 88 valence electrons. The van der Waals surface area contributed by atoms with Crippen LogP contribution in [0.3, 0.4) is 0 Å². The van der Waals surface area contributed by atoms with Crippen LogP contribution in [0, 0.1) is 0 Å². The van der Waals surface area contributed by atoms with E-state index in [0.717, 1.165) is 21.0 Å². The van der Waals surface area contributed by atoms with Crippen molar-refractivity contribution in [2.45, 2.75) is 6.82 Å². The molecular weight excluding hydrogens is 223 g/mol. The van der Waals surface area contributed by atoms with Crippen LogP contribution in [0.2, 0.25) is 6.82 Å². The predicted molar refractivity (Wildman–Crippen MR) is 47.8 cm³/mol. The summed E-state index contributed by atoms with van der Waals surface area (Å²) in [6.07, 6.45) is 0. The molecule has 0 radical (unpaired) electrons. The molecule has 0 heterocycles. The van der Waals surface area contributed by atoms with Gasteiger partial charge in [-0.15, -0.1) is 0 Å². The fourth-order valence-electron chi connectivity index (χ4n) is 0.588. The van der Waals surface area contributed by atoms with Crippen LogP contribution in [0.1, 0.15) is 0 Å². The minimum atomic E-state index is -1.40. The van der Waals surface area contributed by atoms with Crippen LogP contribution in [-0.4, -0.2) is 45.2 Å². The zero-order chi connectivity index (χ0) is 12.7. The minimum Gasteiger partial charge on any atom is -0.491 e. The summed E-state index contributed by atoms with van der Waals surface area (Å²) in [5.74, 6) is -5.18. The van der Waals surface area contributed by atoms with Crippen LogP contribution in [0.5, 0.6) is 0 Å². The summed E-state index contributed by atoms with van der Waals surface area (Å²) in [5.41, 5.74) is 0. The Balaban J connectivity index is 4.14.